The van der Waals surface area contributed by atoms with E-state index in [0.29, 0.717) is 0 Å². The summed E-state index contributed by atoms with van der Waals surface area (Å²) >= 11 is 3.38. The van der Waals surface area contributed by atoms with Crippen molar-refractivity contribution in [3.63, 3.8) is 0 Å². The van der Waals surface area contributed by atoms with Crippen LogP contribution in [0.3, 0.4) is 0 Å². The van der Waals surface area contributed by atoms with Crippen LogP contribution >= 0.6 is 22.7 Å². The van der Waals surface area contributed by atoms with E-state index < -0.39 is 0 Å². The number of aromatic nitrogens is 1. The molecular formula is C14H19N3OS2. The maximum atomic E-state index is 11.1. The van der Waals surface area contributed by atoms with Gasteiger partial charge < -0.3 is 10.6 Å². The van der Waals surface area contributed by atoms with E-state index in [1.54, 1.807) is 22.7 Å². The second-order valence-electron chi connectivity index (χ2n) is 4.72. The van der Waals surface area contributed by atoms with Gasteiger partial charge in [-0.3, -0.25) is 4.79 Å². The molecule has 0 saturated heterocycles. The topological polar surface area (TPSA) is 54.0 Å². The standard InChI is InChI=1S/C14H19N3OS2/c1-8(14-9(2)16-11(4)20-14)15-7-13-12(5-6-19-13)17-10(3)18/h5-6,8,15H,7H2,1-4H3,(H,17,18). The lowest BCUT2D eigenvalue weighted by atomic mass is 10.2. The van der Waals surface area contributed by atoms with Crippen LogP contribution in [0.25, 0.3) is 0 Å². The van der Waals surface area contributed by atoms with Gasteiger partial charge >= 0.3 is 0 Å². The highest BCUT2D eigenvalue weighted by Gasteiger charge is 2.13. The number of hydrogen-bond acceptors (Lipinski definition) is 5. The fourth-order valence-electron chi connectivity index (χ4n) is 2.07. The fraction of sp³-hybridized carbons (Fsp3) is 0.429. The van der Waals surface area contributed by atoms with E-state index in [0.717, 1.165) is 27.8 Å². The summed E-state index contributed by atoms with van der Waals surface area (Å²) < 4.78 is 0. The Morgan fingerprint density at radius 3 is 2.80 bits per heavy atom. The predicted molar refractivity (Wildman–Crippen MR) is 85.5 cm³/mol. The zero-order valence-electron chi connectivity index (χ0n) is 12.1. The Kier molecular flexibility index (Phi) is 4.91. The summed E-state index contributed by atoms with van der Waals surface area (Å²) in [5.74, 6) is -0.0355. The highest BCUT2D eigenvalue weighted by atomic mass is 32.1. The number of nitrogens with one attached hydrogen (secondary N) is 2. The average molecular weight is 309 g/mol. The van der Waals surface area contributed by atoms with Gasteiger partial charge in [0.1, 0.15) is 0 Å². The zero-order chi connectivity index (χ0) is 14.7. The summed E-state index contributed by atoms with van der Waals surface area (Å²) in [4.78, 5) is 18.0. The van der Waals surface area contributed by atoms with Crippen LogP contribution in [-0.2, 0) is 11.3 Å². The first kappa shape index (κ1) is 15.2. The first-order valence-electron chi connectivity index (χ1n) is 6.48. The number of carbonyl (C=O) groups excluding carboxylic acids is 1. The van der Waals surface area contributed by atoms with Crippen molar-refractivity contribution in [3.05, 3.63) is 31.9 Å². The number of hydrogen-bond donors (Lipinski definition) is 2. The molecule has 108 valence electrons. The van der Waals surface area contributed by atoms with Crippen molar-refractivity contribution in [3.8, 4) is 0 Å². The number of aryl methyl sites for hydroxylation is 2. The maximum Gasteiger partial charge on any atom is 0.221 e. The third-order valence-electron chi connectivity index (χ3n) is 2.96. The van der Waals surface area contributed by atoms with E-state index in [1.807, 2.05) is 25.3 Å². The van der Waals surface area contributed by atoms with E-state index in [9.17, 15) is 4.79 Å². The van der Waals surface area contributed by atoms with Crippen LogP contribution < -0.4 is 10.6 Å². The molecule has 2 aromatic heterocycles. The number of amides is 1. The molecule has 0 spiro atoms. The van der Waals surface area contributed by atoms with E-state index in [2.05, 4.69) is 22.5 Å². The number of anilines is 1. The minimum absolute atomic E-state index is 0.0355. The number of nitrogens with zero attached hydrogens (tertiary/aromatic N) is 1. The van der Waals surface area contributed by atoms with Gasteiger partial charge in [0, 0.05) is 29.3 Å². The van der Waals surface area contributed by atoms with Gasteiger partial charge in [-0.1, -0.05) is 0 Å². The van der Waals surface area contributed by atoms with Gasteiger partial charge in [0.05, 0.1) is 16.4 Å². The Morgan fingerprint density at radius 2 is 2.20 bits per heavy atom. The minimum atomic E-state index is -0.0355. The molecule has 2 heterocycles. The highest BCUT2D eigenvalue weighted by Crippen LogP contribution is 2.27. The molecule has 0 aliphatic heterocycles. The summed E-state index contributed by atoms with van der Waals surface area (Å²) in [5.41, 5.74) is 2.00. The second-order valence-corrected chi connectivity index (χ2v) is 6.96. The molecule has 4 nitrogen and oxygen atoms in total. The summed E-state index contributed by atoms with van der Waals surface area (Å²) in [5, 5.41) is 9.45. The van der Waals surface area contributed by atoms with Crippen LogP contribution in [0.4, 0.5) is 5.69 Å². The molecule has 0 fully saturated rings. The van der Waals surface area contributed by atoms with Gasteiger partial charge in [0.15, 0.2) is 0 Å². The maximum absolute atomic E-state index is 11.1. The van der Waals surface area contributed by atoms with Crippen molar-refractivity contribution in [2.24, 2.45) is 0 Å². The van der Waals surface area contributed by atoms with E-state index >= 15 is 0 Å². The Balaban J connectivity index is 2.00. The SMILES string of the molecule is CC(=O)Nc1ccsc1CNC(C)c1sc(C)nc1C. The van der Waals surface area contributed by atoms with Gasteiger partial charge in [-0.2, -0.15) is 0 Å². The summed E-state index contributed by atoms with van der Waals surface area (Å²) in [6.07, 6.45) is 0. The van der Waals surface area contributed by atoms with Crippen molar-refractivity contribution in [2.45, 2.75) is 40.3 Å². The third kappa shape index (κ3) is 3.65. The Hall–Kier alpha value is -1.24. The first-order chi connectivity index (χ1) is 9.47. The van der Waals surface area contributed by atoms with E-state index in [-0.39, 0.29) is 11.9 Å². The predicted octanol–water partition coefficient (Wildman–Crippen LogP) is 3.63. The molecule has 0 aliphatic rings. The Morgan fingerprint density at radius 1 is 1.45 bits per heavy atom. The van der Waals surface area contributed by atoms with Crippen LogP contribution in [0.2, 0.25) is 0 Å². The largest absolute Gasteiger partial charge is 0.325 e. The Labute approximate surface area is 127 Å². The monoisotopic (exact) mass is 309 g/mol. The zero-order valence-corrected chi connectivity index (χ0v) is 13.7. The molecular weight excluding hydrogens is 290 g/mol. The smallest absolute Gasteiger partial charge is 0.221 e. The molecule has 1 amide bonds. The molecule has 1 atom stereocenters. The summed E-state index contributed by atoms with van der Waals surface area (Å²) in [6.45, 7) is 8.49. The van der Waals surface area contributed by atoms with Gasteiger partial charge in [-0.25, -0.2) is 4.98 Å². The van der Waals surface area contributed by atoms with Crippen LogP contribution in [0.5, 0.6) is 0 Å². The molecule has 0 saturated carbocycles. The molecule has 0 bridgehead atoms. The van der Waals surface area contributed by atoms with Crippen molar-refractivity contribution >= 4 is 34.3 Å². The van der Waals surface area contributed by atoms with Crippen molar-refractivity contribution < 1.29 is 4.79 Å². The van der Waals surface area contributed by atoms with E-state index in [1.165, 1.54) is 11.8 Å². The van der Waals surface area contributed by atoms with Crippen molar-refractivity contribution in [1.82, 2.24) is 10.3 Å². The van der Waals surface area contributed by atoms with Crippen LogP contribution in [0.15, 0.2) is 11.4 Å². The quantitative estimate of drug-likeness (QED) is 0.887. The molecule has 20 heavy (non-hydrogen) atoms. The van der Waals surface area contributed by atoms with Crippen molar-refractivity contribution in [2.75, 3.05) is 5.32 Å². The van der Waals surface area contributed by atoms with Crippen LogP contribution in [0.1, 0.15) is 40.3 Å². The fourth-order valence-corrected chi connectivity index (χ4v) is 3.80. The summed E-state index contributed by atoms with van der Waals surface area (Å²) in [6, 6.07) is 2.20. The normalized spacial score (nSPS) is 12.4. The number of rotatable bonds is 5. The Bertz CT molecular complexity index is 603. The molecule has 0 aromatic carbocycles. The second kappa shape index (κ2) is 6.47. The van der Waals surface area contributed by atoms with Crippen LogP contribution in [0, 0.1) is 13.8 Å². The van der Waals surface area contributed by atoms with Crippen LogP contribution in [-0.4, -0.2) is 10.9 Å². The van der Waals surface area contributed by atoms with Crippen molar-refractivity contribution in [1.29, 1.82) is 0 Å². The molecule has 1 unspecified atom stereocenters. The lowest BCUT2D eigenvalue weighted by Crippen LogP contribution is -2.18. The number of thiophene rings is 1. The molecule has 0 aliphatic carbocycles. The number of thiazole rings is 1. The highest BCUT2D eigenvalue weighted by molar-refractivity contribution is 7.11. The first-order valence-corrected chi connectivity index (χ1v) is 8.18. The molecule has 0 radical (unpaired) electrons. The molecule has 2 N–H and O–H groups in total. The van der Waals surface area contributed by atoms with Gasteiger partial charge in [0.25, 0.3) is 0 Å². The summed E-state index contributed by atoms with van der Waals surface area (Å²) in [7, 11) is 0. The third-order valence-corrected chi connectivity index (χ3v) is 5.13. The minimum Gasteiger partial charge on any atom is -0.325 e. The molecule has 6 heteroatoms. The molecule has 2 rings (SSSR count). The van der Waals surface area contributed by atoms with E-state index in [4.69, 9.17) is 0 Å². The lowest BCUT2D eigenvalue weighted by Gasteiger charge is -2.13. The average Bonchev–Trinajstić information content (AvgIpc) is 2.92. The molecule has 2 aromatic rings. The lowest BCUT2D eigenvalue weighted by molar-refractivity contribution is -0.114. The van der Waals surface area contributed by atoms with Gasteiger partial charge in [-0.15, -0.1) is 22.7 Å². The number of carbonyl (C=O) groups is 1. The van der Waals surface area contributed by atoms with Gasteiger partial charge in [-0.05, 0) is 32.2 Å². The van der Waals surface area contributed by atoms with Gasteiger partial charge in [0.2, 0.25) is 5.91 Å².